The molecule has 2 N–H and O–H groups in total. The molecule has 0 radical (unpaired) electrons. The minimum Gasteiger partial charge on any atom is -0.481 e. The Morgan fingerprint density at radius 1 is 1.35 bits per heavy atom. The maximum atomic E-state index is 11.8. The maximum Gasteiger partial charge on any atom is 0.313 e. The molecule has 1 aliphatic rings. The van der Waals surface area contributed by atoms with Gasteiger partial charge < -0.3 is 15.2 Å². The van der Waals surface area contributed by atoms with Gasteiger partial charge in [0.25, 0.3) is 0 Å². The average Bonchev–Trinajstić information content (AvgIpc) is 2.29. The Morgan fingerprint density at radius 3 is 2.65 bits per heavy atom. The van der Waals surface area contributed by atoms with Gasteiger partial charge in [0.15, 0.2) is 0 Å². The van der Waals surface area contributed by atoms with Crippen LogP contribution in [-0.4, -0.2) is 42.5 Å². The summed E-state index contributed by atoms with van der Waals surface area (Å²) in [6, 6.07) is 0. The van der Waals surface area contributed by atoms with Crippen molar-refractivity contribution in [1.29, 1.82) is 0 Å². The van der Waals surface area contributed by atoms with E-state index in [0.717, 1.165) is 0 Å². The number of hydrogen-bond acceptors (Lipinski definition) is 5. The van der Waals surface area contributed by atoms with Crippen LogP contribution in [0.15, 0.2) is 0 Å². The van der Waals surface area contributed by atoms with Crippen LogP contribution >= 0.6 is 0 Å². The van der Waals surface area contributed by atoms with Crippen molar-refractivity contribution in [2.75, 3.05) is 19.7 Å². The summed E-state index contributed by atoms with van der Waals surface area (Å²) in [5.41, 5.74) is 0. The Labute approximate surface area is 99.3 Å². The van der Waals surface area contributed by atoms with E-state index < -0.39 is 23.8 Å². The molecule has 96 valence electrons. The number of carbonyl (C=O) groups excluding carboxylic acids is 2. The Balaban J connectivity index is 2.59. The second-order valence-corrected chi connectivity index (χ2v) is 3.99. The van der Waals surface area contributed by atoms with Gasteiger partial charge in [0.05, 0.1) is 12.5 Å². The first-order valence-electron chi connectivity index (χ1n) is 5.68. The minimum absolute atomic E-state index is 0.223. The Kier molecular flexibility index (Phi) is 5.09. The molecule has 1 saturated heterocycles. The summed E-state index contributed by atoms with van der Waals surface area (Å²) in [7, 11) is 0. The van der Waals surface area contributed by atoms with Crippen LogP contribution in [0.5, 0.6) is 0 Å². The molecule has 2 unspecified atom stereocenters. The molecule has 2 atom stereocenters. The van der Waals surface area contributed by atoms with Crippen molar-refractivity contribution < 1.29 is 24.2 Å². The normalized spacial score (nSPS) is 24.1. The standard InChI is InChI=1S/C11H17NO5/c1-2-17-10(14)5-9(13)7-3-4-12-6-8(7)11(15)16/h7-8,12H,2-6H2,1H3,(H,15,16). The third kappa shape index (κ3) is 3.81. The number of Topliss-reactive ketones (excluding diaryl/α,β-unsaturated/α-hetero) is 1. The number of esters is 1. The van der Waals surface area contributed by atoms with Gasteiger partial charge in [0.1, 0.15) is 12.2 Å². The highest BCUT2D eigenvalue weighted by molar-refractivity contribution is 5.98. The Morgan fingerprint density at radius 2 is 2.06 bits per heavy atom. The molecule has 0 aromatic heterocycles. The molecule has 6 heteroatoms. The SMILES string of the molecule is CCOC(=O)CC(=O)C1CCNCC1C(=O)O. The van der Waals surface area contributed by atoms with Gasteiger partial charge in [-0.3, -0.25) is 14.4 Å². The maximum absolute atomic E-state index is 11.8. The second kappa shape index (κ2) is 6.34. The number of rotatable bonds is 5. The smallest absolute Gasteiger partial charge is 0.313 e. The highest BCUT2D eigenvalue weighted by atomic mass is 16.5. The largest absolute Gasteiger partial charge is 0.481 e. The molecule has 0 saturated carbocycles. The fourth-order valence-corrected chi connectivity index (χ4v) is 1.99. The van der Waals surface area contributed by atoms with Gasteiger partial charge in [-0.05, 0) is 19.9 Å². The first-order valence-corrected chi connectivity index (χ1v) is 5.68. The monoisotopic (exact) mass is 243 g/mol. The van der Waals surface area contributed by atoms with E-state index in [1.54, 1.807) is 6.92 Å². The Bertz CT molecular complexity index is 315. The zero-order valence-electron chi connectivity index (χ0n) is 9.77. The molecule has 0 spiro atoms. The predicted octanol–water partition coefficient (Wildman–Crippen LogP) is -0.181. The van der Waals surface area contributed by atoms with Gasteiger partial charge in [0.2, 0.25) is 0 Å². The molecule has 0 aromatic carbocycles. The van der Waals surface area contributed by atoms with Crippen molar-refractivity contribution in [3.05, 3.63) is 0 Å². The lowest BCUT2D eigenvalue weighted by Gasteiger charge is -2.27. The number of piperidine rings is 1. The lowest BCUT2D eigenvalue weighted by atomic mass is 9.82. The van der Waals surface area contributed by atoms with Crippen LogP contribution < -0.4 is 5.32 Å². The third-order valence-corrected chi connectivity index (χ3v) is 2.84. The van der Waals surface area contributed by atoms with Crippen LogP contribution in [0.4, 0.5) is 0 Å². The summed E-state index contributed by atoms with van der Waals surface area (Å²) in [6.45, 7) is 2.76. The van der Waals surface area contributed by atoms with Crippen molar-refractivity contribution in [3.8, 4) is 0 Å². The van der Waals surface area contributed by atoms with E-state index in [1.807, 2.05) is 0 Å². The highest BCUT2D eigenvalue weighted by Gasteiger charge is 2.36. The molecule has 6 nitrogen and oxygen atoms in total. The lowest BCUT2D eigenvalue weighted by molar-refractivity contribution is -0.152. The summed E-state index contributed by atoms with van der Waals surface area (Å²) >= 11 is 0. The van der Waals surface area contributed by atoms with E-state index in [2.05, 4.69) is 10.1 Å². The molecule has 0 amide bonds. The van der Waals surface area contributed by atoms with Crippen LogP contribution in [0.3, 0.4) is 0 Å². The molecule has 0 aromatic rings. The summed E-state index contributed by atoms with van der Waals surface area (Å²) in [5.74, 6) is -3.25. The molecular weight excluding hydrogens is 226 g/mol. The van der Waals surface area contributed by atoms with Crippen LogP contribution in [0.2, 0.25) is 0 Å². The van der Waals surface area contributed by atoms with Gasteiger partial charge in [-0.15, -0.1) is 0 Å². The fraction of sp³-hybridized carbons (Fsp3) is 0.727. The van der Waals surface area contributed by atoms with Gasteiger partial charge in [0, 0.05) is 12.5 Å². The second-order valence-electron chi connectivity index (χ2n) is 3.99. The Hall–Kier alpha value is -1.43. The third-order valence-electron chi connectivity index (χ3n) is 2.84. The van der Waals surface area contributed by atoms with Crippen molar-refractivity contribution >= 4 is 17.7 Å². The van der Waals surface area contributed by atoms with E-state index in [1.165, 1.54) is 0 Å². The molecule has 17 heavy (non-hydrogen) atoms. The number of aliphatic carboxylic acids is 1. The number of hydrogen-bond donors (Lipinski definition) is 2. The van der Waals surface area contributed by atoms with Crippen molar-refractivity contribution in [2.24, 2.45) is 11.8 Å². The summed E-state index contributed by atoms with van der Waals surface area (Å²) in [4.78, 5) is 33.9. The van der Waals surface area contributed by atoms with Crippen molar-refractivity contribution in [2.45, 2.75) is 19.8 Å². The number of ketones is 1. The fourth-order valence-electron chi connectivity index (χ4n) is 1.99. The van der Waals surface area contributed by atoms with Gasteiger partial charge in [-0.1, -0.05) is 0 Å². The van der Waals surface area contributed by atoms with Crippen molar-refractivity contribution in [3.63, 3.8) is 0 Å². The van der Waals surface area contributed by atoms with E-state index in [0.29, 0.717) is 13.0 Å². The van der Waals surface area contributed by atoms with Crippen molar-refractivity contribution in [1.82, 2.24) is 5.32 Å². The van der Waals surface area contributed by atoms with Crippen LogP contribution in [-0.2, 0) is 19.1 Å². The number of carbonyl (C=O) groups is 3. The van der Waals surface area contributed by atoms with Crippen LogP contribution in [0, 0.1) is 11.8 Å². The van der Waals surface area contributed by atoms with E-state index in [4.69, 9.17) is 5.11 Å². The number of ether oxygens (including phenoxy) is 1. The molecular formula is C11H17NO5. The summed E-state index contributed by atoms with van der Waals surface area (Å²) in [5, 5.41) is 11.9. The predicted molar refractivity (Wildman–Crippen MR) is 58.4 cm³/mol. The lowest BCUT2D eigenvalue weighted by Crippen LogP contribution is -2.44. The molecule has 1 heterocycles. The highest BCUT2D eigenvalue weighted by Crippen LogP contribution is 2.22. The molecule has 1 rings (SSSR count). The van der Waals surface area contributed by atoms with E-state index in [9.17, 15) is 14.4 Å². The summed E-state index contributed by atoms with van der Waals surface area (Å²) in [6.07, 6.45) is 0.123. The van der Waals surface area contributed by atoms with Gasteiger partial charge in [-0.25, -0.2) is 0 Å². The molecule has 1 fully saturated rings. The number of nitrogens with one attached hydrogen (secondary N) is 1. The first kappa shape index (κ1) is 13.6. The summed E-state index contributed by atoms with van der Waals surface area (Å²) < 4.78 is 4.68. The molecule has 0 bridgehead atoms. The van der Waals surface area contributed by atoms with Gasteiger partial charge >= 0.3 is 11.9 Å². The number of carboxylic acids is 1. The minimum atomic E-state index is -1.00. The van der Waals surface area contributed by atoms with E-state index in [-0.39, 0.29) is 25.4 Å². The first-order chi connectivity index (χ1) is 8.06. The van der Waals surface area contributed by atoms with E-state index >= 15 is 0 Å². The zero-order chi connectivity index (χ0) is 12.8. The molecule has 0 aliphatic carbocycles. The molecule has 1 aliphatic heterocycles. The zero-order valence-corrected chi connectivity index (χ0v) is 9.77. The quantitative estimate of drug-likeness (QED) is 0.514. The topological polar surface area (TPSA) is 92.7 Å². The average molecular weight is 243 g/mol. The van der Waals surface area contributed by atoms with Crippen LogP contribution in [0.25, 0.3) is 0 Å². The van der Waals surface area contributed by atoms with Crippen LogP contribution in [0.1, 0.15) is 19.8 Å². The van der Waals surface area contributed by atoms with Gasteiger partial charge in [-0.2, -0.15) is 0 Å². The number of carboxylic acid groups (broad SMARTS) is 1.